The number of ether oxygens (including phenoxy) is 3. The number of hydrogen-bond donors (Lipinski definition) is 0. The lowest BCUT2D eigenvalue weighted by Gasteiger charge is -2.08. The Morgan fingerprint density at radius 1 is 1.10 bits per heavy atom. The normalized spacial score (nSPS) is 10.3. The summed E-state index contributed by atoms with van der Waals surface area (Å²) >= 11 is 0. The van der Waals surface area contributed by atoms with E-state index >= 15 is 0 Å². The Labute approximate surface area is 170 Å². The van der Waals surface area contributed by atoms with Crippen molar-refractivity contribution in [3.63, 3.8) is 0 Å². The fourth-order valence-corrected chi connectivity index (χ4v) is 2.53. The van der Waals surface area contributed by atoms with E-state index in [1.54, 1.807) is 0 Å². The Kier molecular flexibility index (Phi) is 6.43. The highest BCUT2D eigenvalue weighted by atomic mass is 16.6. The van der Waals surface area contributed by atoms with Crippen LogP contribution in [0, 0.1) is 10.1 Å². The van der Waals surface area contributed by atoms with Crippen molar-refractivity contribution in [3.8, 4) is 11.5 Å². The Hall–Kier alpha value is -4.14. The maximum Gasteiger partial charge on any atom is 0.345 e. The molecule has 9 nitrogen and oxygen atoms in total. The molecule has 30 heavy (non-hydrogen) atoms. The molecular weight excluding hydrogens is 394 g/mol. The average Bonchev–Trinajstić information content (AvgIpc) is 2.77. The van der Waals surface area contributed by atoms with Crippen molar-refractivity contribution in [1.29, 1.82) is 0 Å². The van der Waals surface area contributed by atoms with Crippen molar-refractivity contribution >= 4 is 11.7 Å². The van der Waals surface area contributed by atoms with Gasteiger partial charge in [-0.2, -0.15) is 0 Å². The minimum Gasteiger partial charge on any atom is -0.497 e. The first-order valence-electron chi connectivity index (χ1n) is 8.76. The lowest BCUT2D eigenvalue weighted by Crippen LogP contribution is -2.11. The maximum atomic E-state index is 12.3. The summed E-state index contributed by atoms with van der Waals surface area (Å²) in [5.41, 5.74) is -0.262. The summed E-state index contributed by atoms with van der Waals surface area (Å²) in [5, 5.41) is 11.1. The Balaban J connectivity index is 1.66. The molecule has 154 valence electrons. The van der Waals surface area contributed by atoms with Crippen LogP contribution in [-0.4, -0.2) is 18.0 Å². The van der Waals surface area contributed by atoms with Gasteiger partial charge in [0.25, 0.3) is 5.69 Å². The number of nitro benzene ring substituents is 1. The summed E-state index contributed by atoms with van der Waals surface area (Å²) in [6.07, 6.45) is 1.13. The van der Waals surface area contributed by atoms with Gasteiger partial charge in [-0.05, 0) is 11.6 Å². The molecule has 0 aliphatic heterocycles. The van der Waals surface area contributed by atoms with Crippen molar-refractivity contribution in [1.82, 2.24) is 0 Å². The number of nitro groups is 1. The van der Waals surface area contributed by atoms with Gasteiger partial charge < -0.3 is 18.6 Å². The number of nitrogens with zero attached hydrogens (tertiary/aromatic N) is 1. The smallest absolute Gasteiger partial charge is 0.345 e. The molecule has 0 spiro atoms. The predicted octanol–water partition coefficient (Wildman–Crippen LogP) is 3.49. The lowest BCUT2D eigenvalue weighted by molar-refractivity contribution is -0.385. The van der Waals surface area contributed by atoms with Crippen LogP contribution in [0.4, 0.5) is 5.69 Å². The second-order valence-corrected chi connectivity index (χ2v) is 6.07. The lowest BCUT2D eigenvalue weighted by atomic mass is 10.1. The van der Waals surface area contributed by atoms with Crippen molar-refractivity contribution in [3.05, 3.63) is 98.1 Å². The number of methoxy groups -OCH3 is 1. The third-order valence-corrected chi connectivity index (χ3v) is 4.06. The summed E-state index contributed by atoms with van der Waals surface area (Å²) in [7, 11) is 1.37. The van der Waals surface area contributed by atoms with Crippen LogP contribution in [0.15, 0.2) is 70.1 Å². The van der Waals surface area contributed by atoms with E-state index in [4.69, 9.17) is 18.6 Å². The van der Waals surface area contributed by atoms with Crippen molar-refractivity contribution in [2.75, 3.05) is 7.11 Å². The zero-order chi connectivity index (χ0) is 21.5. The van der Waals surface area contributed by atoms with Gasteiger partial charge in [0.05, 0.1) is 12.0 Å². The largest absolute Gasteiger partial charge is 0.497 e. The Bertz CT molecular complexity index is 1110. The molecule has 0 bridgehead atoms. The molecule has 3 rings (SSSR count). The van der Waals surface area contributed by atoms with Gasteiger partial charge in [-0.25, -0.2) is 4.79 Å². The SMILES string of the molecule is COc1ccc([N+](=O)[O-])c(C(=O)OCc2cc(=O)c(OCc3ccccc3)co2)c1. The zero-order valence-corrected chi connectivity index (χ0v) is 15.9. The van der Waals surface area contributed by atoms with E-state index < -0.39 is 22.0 Å². The fraction of sp³-hybridized carbons (Fsp3) is 0.143. The van der Waals surface area contributed by atoms with E-state index in [9.17, 15) is 19.7 Å². The van der Waals surface area contributed by atoms with Crippen LogP contribution in [0.3, 0.4) is 0 Å². The van der Waals surface area contributed by atoms with E-state index in [-0.39, 0.29) is 36.0 Å². The van der Waals surface area contributed by atoms with E-state index in [2.05, 4.69) is 0 Å². The van der Waals surface area contributed by atoms with Crippen LogP contribution in [-0.2, 0) is 18.0 Å². The van der Waals surface area contributed by atoms with E-state index in [1.807, 2.05) is 30.3 Å². The maximum absolute atomic E-state index is 12.3. The van der Waals surface area contributed by atoms with Gasteiger partial charge >= 0.3 is 5.97 Å². The molecule has 0 unspecified atom stereocenters. The van der Waals surface area contributed by atoms with Crippen molar-refractivity contribution in [2.45, 2.75) is 13.2 Å². The minimum absolute atomic E-state index is 0.0114. The highest BCUT2D eigenvalue weighted by molar-refractivity contribution is 5.94. The topological polar surface area (TPSA) is 118 Å². The summed E-state index contributed by atoms with van der Waals surface area (Å²) in [6, 6.07) is 14.1. The molecule has 0 aliphatic rings. The molecule has 9 heteroatoms. The molecule has 2 aromatic carbocycles. The number of benzene rings is 2. The third kappa shape index (κ3) is 5.02. The van der Waals surface area contributed by atoms with Crippen molar-refractivity contribution in [2.24, 2.45) is 0 Å². The first-order chi connectivity index (χ1) is 14.5. The number of carbonyl (C=O) groups is 1. The van der Waals surface area contributed by atoms with Crippen molar-refractivity contribution < 1.29 is 28.3 Å². The first-order valence-corrected chi connectivity index (χ1v) is 8.76. The number of hydrogen-bond acceptors (Lipinski definition) is 8. The summed E-state index contributed by atoms with van der Waals surface area (Å²) in [4.78, 5) is 34.9. The highest BCUT2D eigenvalue weighted by Gasteiger charge is 2.23. The van der Waals surface area contributed by atoms with Gasteiger partial charge in [0.2, 0.25) is 11.2 Å². The van der Waals surface area contributed by atoms with Gasteiger partial charge in [0.15, 0.2) is 0 Å². The molecule has 0 radical (unpaired) electrons. The molecule has 3 aromatic rings. The van der Waals surface area contributed by atoms with Gasteiger partial charge in [-0.1, -0.05) is 30.3 Å². The first kappa shape index (κ1) is 20.6. The fourth-order valence-electron chi connectivity index (χ4n) is 2.53. The average molecular weight is 411 g/mol. The van der Waals surface area contributed by atoms with Gasteiger partial charge in [-0.15, -0.1) is 0 Å². The molecule has 0 fully saturated rings. The van der Waals surface area contributed by atoms with Crippen LogP contribution in [0.1, 0.15) is 21.7 Å². The molecular formula is C21H17NO8. The molecule has 1 aromatic heterocycles. The van der Waals surface area contributed by atoms with E-state index in [0.29, 0.717) is 0 Å². The number of esters is 1. The van der Waals surface area contributed by atoms with E-state index in [1.165, 1.54) is 19.2 Å². The van der Waals surface area contributed by atoms with Crippen LogP contribution < -0.4 is 14.9 Å². The zero-order valence-electron chi connectivity index (χ0n) is 15.9. The van der Waals surface area contributed by atoms with Crippen LogP contribution in [0.5, 0.6) is 11.5 Å². The number of carbonyl (C=O) groups excluding carboxylic acids is 1. The standard InChI is InChI=1S/C21H17NO8/c1-27-15-7-8-18(22(25)26)17(9-15)21(24)30-12-16-10-19(23)20(13-28-16)29-11-14-5-3-2-4-6-14/h2-10,13H,11-12H2,1H3. The van der Waals surface area contributed by atoms with Crippen LogP contribution >= 0.6 is 0 Å². The molecule has 0 N–H and O–H groups in total. The summed E-state index contributed by atoms with van der Waals surface area (Å²) in [5.74, 6) is -0.616. The molecule has 1 heterocycles. The number of rotatable bonds is 8. The Morgan fingerprint density at radius 3 is 2.53 bits per heavy atom. The second kappa shape index (κ2) is 9.37. The second-order valence-electron chi connectivity index (χ2n) is 6.07. The monoisotopic (exact) mass is 411 g/mol. The Morgan fingerprint density at radius 2 is 1.87 bits per heavy atom. The summed E-state index contributed by atoms with van der Waals surface area (Å²) in [6.45, 7) is -0.194. The quantitative estimate of drug-likeness (QED) is 0.314. The molecule has 0 saturated carbocycles. The van der Waals surface area contributed by atoms with Gasteiger partial charge in [-0.3, -0.25) is 14.9 Å². The molecule has 0 aliphatic carbocycles. The van der Waals surface area contributed by atoms with Crippen LogP contribution in [0.25, 0.3) is 0 Å². The molecule has 0 atom stereocenters. The van der Waals surface area contributed by atoms with Gasteiger partial charge in [0.1, 0.15) is 36.6 Å². The predicted molar refractivity (Wildman–Crippen MR) is 105 cm³/mol. The molecule has 0 amide bonds. The minimum atomic E-state index is -0.951. The summed E-state index contributed by atoms with van der Waals surface area (Å²) < 4.78 is 20.8. The van der Waals surface area contributed by atoms with Crippen LogP contribution in [0.2, 0.25) is 0 Å². The molecule has 0 saturated heterocycles. The van der Waals surface area contributed by atoms with E-state index in [0.717, 1.165) is 24.0 Å². The third-order valence-electron chi connectivity index (χ3n) is 4.06. The van der Waals surface area contributed by atoms with Gasteiger partial charge in [0, 0.05) is 18.2 Å². The highest BCUT2D eigenvalue weighted by Crippen LogP contribution is 2.25.